The molecule has 2 rings (SSSR count). The fraction of sp³-hybridized carbons (Fsp3) is 0.143. The number of halogens is 3. The minimum atomic E-state index is -0.552. The van der Waals surface area contributed by atoms with Gasteiger partial charge in [-0.05, 0) is 17.7 Å². The van der Waals surface area contributed by atoms with Gasteiger partial charge < -0.3 is 10.1 Å². The number of nitrogens with one attached hydrogen (secondary N) is 1. The minimum absolute atomic E-state index is 0.0541. The fourth-order valence-corrected chi connectivity index (χ4v) is 2.37. The summed E-state index contributed by atoms with van der Waals surface area (Å²) in [5.74, 6) is 0.137. The largest absolute Gasteiger partial charge is 0.485 e. The smallest absolute Gasteiger partial charge is 0.297 e. The lowest BCUT2D eigenvalue weighted by Gasteiger charge is -2.14. The zero-order valence-corrected chi connectivity index (χ0v) is 13.7. The summed E-state index contributed by atoms with van der Waals surface area (Å²) in [7, 11) is 1.54. The van der Waals surface area contributed by atoms with Crippen molar-refractivity contribution in [2.75, 3.05) is 12.4 Å². The van der Waals surface area contributed by atoms with Crippen LogP contribution in [0.4, 0.5) is 11.4 Å². The predicted molar refractivity (Wildman–Crippen MR) is 88.4 cm³/mol. The van der Waals surface area contributed by atoms with Crippen LogP contribution in [0.1, 0.15) is 5.56 Å². The van der Waals surface area contributed by atoms with Crippen molar-refractivity contribution >= 4 is 46.2 Å². The van der Waals surface area contributed by atoms with Gasteiger partial charge in [0.2, 0.25) is 0 Å². The molecule has 0 saturated carbocycles. The Bertz CT molecular complexity index is 705. The Labute approximate surface area is 141 Å². The molecule has 0 aromatic heterocycles. The zero-order chi connectivity index (χ0) is 16.3. The monoisotopic (exact) mass is 360 g/mol. The van der Waals surface area contributed by atoms with Crippen LogP contribution in [0.3, 0.4) is 0 Å². The summed E-state index contributed by atoms with van der Waals surface area (Å²) in [6, 6.07) is 8.20. The van der Waals surface area contributed by atoms with E-state index in [2.05, 4.69) is 5.32 Å². The number of hydrogen-bond donors (Lipinski definition) is 1. The molecule has 0 spiro atoms. The van der Waals surface area contributed by atoms with Crippen LogP contribution in [0.15, 0.2) is 30.3 Å². The first-order valence-corrected chi connectivity index (χ1v) is 7.28. The van der Waals surface area contributed by atoms with Crippen LogP contribution < -0.4 is 10.1 Å². The molecule has 0 fully saturated rings. The van der Waals surface area contributed by atoms with Crippen molar-refractivity contribution in [3.8, 4) is 5.75 Å². The number of hydrogen-bond acceptors (Lipinski definition) is 4. The van der Waals surface area contributed by atoms with Crippen LogP contribution >= 0.6 is 34.8 Å². The van der Waals surface area contributed by atoms with Gasteiger partial charge in [0.1, 0.15) is 11.6 Å². The quantitative estimate of drug-likeness (QED) is 0.589. The molecule has 116 valence electrons. The molecule has 0 aliphatic carbocycles. The first-order chi connectivity index (χ1) is 10.4. The molecule has 2 aromatic rings. The molecule has 8 heteroatoms. The molecule has 5 nitrogen and oxygen atoms in total. The lowest BCUT2D eigenvalue weighted by Crippen LogP contribution is -2.03. The number of ether oxygens (including phenoxy) is 1. The summed E-state index contributed by atoms with van der Waals surface area (Å²) in [5, 5.41) is 14.6. The number of nitro groups is 1. The Hall–Kier alpha value is -1.69. The van der Waals surface area contributed by atoms with Gasteiger partial charge in [-0.25, -0.2) is 0 Å². The normalized spacial score (nSPS) is 10.4. The first-order valence-electron chi connectivity index (χ1n) is 6.15. The number of benzene rings is 2. The SMILES string of the molecule is CNc1c([N+](=O)[O-])cc(Cl)c(Cl)c1OCc1ccc(Cl)cc1. The molecule has 0 radical (unpaired) electrons. The summed E-state index contributed by atoms with van der Waals surface area (Å²) in [4.78, 5) is 10.5. The van der Waals surface area contributed by atoms with Crippen LogP contribution in [-0.2, 0) is 6.61 Å². The van der Waals surface area contributed by atoms with Gasteiger partial charge in [0.05, 0.1) is 9.95 Å². The van der Waals surface area contributed by atoms with Crippen LogP contribution in [0.25, 0.3) is 0 Å². The fourth-order valence-electron chi connectivity index (χ4n) is 1.85. The van der Waals surface area contributed by atoms with Crippen molar-refractivity contribution in [2.24, 2.45) is 0 Å². The molecule has 0 aliphatic rings. The topological polar surface area (TPSA) is 64.4 Å². The lowest BCUT2D eigenvalue weighted by molar-refractivity contribution is -0.384. The van der Waals surface area contributed by atoms with E-state index in [9.17, 15) is 10.1 Å². The maximum absolute atomic E-state index is 11.1. The van der Waals surface area contributed by atoms with E-state index < -0.39 is 4.92 Å². The van der Waals surface area contributed by atoms with Gasteiger partial charge in [-0.2, -0.15) is 0 Å². The van der Waals surface area contributed by atoms with E-state index >= 15 is 0 Å². The minimum Gasteiger partial charge on any atom is -0.485 e. The zero-order valence-electron chi connectivity index (χ0n) is 11.4. The molecule has 0 amide bonds. The lowest BCUT2D eigenvalue weighted by atomic mass is 10.2. The van der Waals surface area contributed by atoms with E-state index in [-0.39, 0.29) is 33.8 Å². The highest BCUT2D eigenvalue weighted by Crippen LogP contribution is 2.44. The maximum Gasteiger partial charge on any atom is 0.297 e. The van der Waals surface area contributed by atoms with Crippen LogP contribution in [-0.4, -0.2) is 12.0 Å². The molecule has 0 atom stereocenters. The second-order valence-corrected chi connectivity index (χ2v) is 5.54. The Morgan fingerprint density at radius 1 is 1.23 bits per heavy atom. The van der Waals surface area contributed by atoms with E-state index in [4.69, 9.17) is 39.5 Å². The van der Waals surface area contributed by atoms with Gasteiger partial charge in [-0.1, -0.05) is 46.9 Å². The Morgan fingerprint density at radius 3 is 2.41 bits per heavy atom. The highest BCUT2D eigenvalue weighted by Gasteiger charge is 2.24. The Morgan fingerprint density at radius 2 is 1.86 bits per heavy atom. The van der Waals surface area contributed by atoms with Gasteiger partial charge in [-0.15, -0.1) is 0 Å². The Kier molecular flexibility index (Phi) is 5.34. The van der Waals surface area contributed by atoms with Crippen molar-refractivity contribution in [3.63, 3.8) is 0 Å². The number of nitro benzene ring substituents is 1. The van der Waals surface area contributed by atoms with E-state index in [1.807, 2.05) is 0 Å². The Balaban J connectivity index is 2.36. The van der Waals surface area contributed by atoms with Gasteiger partial charge in [-0.3, -0.25) is 10.1 Å². The summed E-state index contributed by atoms with van der Waals surface area (Å²) in [5.41, 5.74) is 0.807. The first kappa shape index (κ1) is 16.7. The molecular weight excluding hydrogens is 351 g/mol. The third kappa shape index (κ3) is 3.55. The van der Waals surface area contributed by atoms with E-state index in [1.54, 1.807) is 31.3 Å². The van der Waals surface area contributed by atoms with Crippen LogP contribution in [0.2, 0.25) is 15.1 Å². The molecule has 0 heterocycles. The van der Waals surface area contributed by atoms with E-state index in [0.717, 1.165) is 5.56 Å². The van der Waals surface area contributed by atoms with Crippen molar-refractivity contribution < 1.29 is 9.66 Å². The van der Waals surface area contributed by atoms with Crippen molar-refractivity contribution in [1.29, 1.82) is 0 Å². The average Bonchev–Trinajstić information content (AvgIpc) is 2.49. The summed E-state index contributed by atoms with van der Waals surface area (Å²) in [6.45, 7) is 0.170. The summed E-state index contributed by atoms with van der Waals surface area (Å²) in [6.07, 6.45) is 0. The number of anilines is 1. The van der Waals surface area contributed by atoms with Gasteiger partial charge in [0.25, 0.3) is 5.69 Å². The molecule has 1 N–H and O–H groups in total. The molecule has 0 aliphatic heterocycles. The predicted octanol–water partition coefficient (Wildman–Crippen LogP) is 5.18. The van der Waals surface area contributed by atoms with Crippen LogP contribution in [0.5, 0.6) is 5.75 Å². The third-order valence-corrected chi connectivity index (χ3v) is 3.92. The van der Waals surface area contributed by atoms with Crippen molar-refractivity contribution in [2.45, 2.75) is 6.61 Å². The number of rotatable bonds is 5. The maximum atomic E-state index is 11.1. The average molecular weight is 362 g/mol. The van der Waals surface area contributed by atoms with Crippen molar-refractivity contribution in [1.82, 2.24) is 0 Å². The van der Waals surface area contributed by atoms with E-state index in [1.165, 1.54) is 6.07 Å². The number of nitrogens with zero attached hydrogens (tertiary/aromatic N) is 1. The second kappa shape index (κ2) is 7.05. The highest BCUT2D eigenvalue weighted by atomic mass is 35.5. The van der Waals surface area contributed by atoms with Gasteiger partial charge in [0, 0.05) is 18.1 Å². The van der Waals surface area contributed by atoms with Crippen LogP contribution in [0, 0.1) is 10.1 Å². The van der Waals surface area contributed by atoms with E-state index in [0.29, 0.717) is 5.02 Å². The molecule has 0 saturated heterocycles. The molecule has 0 unspecified atom stereocenters. The van der Waals surface area contributed by atoms with Gasteiger partial charge >= 0.3 is 0 Å². The second-order valence-electron chi connectivity index (χ2n) is 4.32. The standard InChI is InChI=1S/C14H11Cl3N2O3/c1-18-13-11(19(20)21)6-10(16)12(17)14(13)22-7-8-2-4-9(15)5-3-8/h2-6,18H,7H2,1H3. The summed E-state index contributed by atoms with van der Waals surface area (Å²) >= 11 is 17.9. The summed E-state index contributed by atoms with van der Waals surface area (Å²) < 4.78 is 5.63. The van der Waals surface area contributed by atoms with Crippen molar-refractivity contribution in [3.05, 3.63) is 61.1 Å². The molecular formula is C14H11Cl3N2O3. The molecule has 0 bridgehead atoms. The van der Waals surface area contributed by atoms with Gasteiger partial charge in [0.15, 0.2) is 11.4 Å². The molecule has 22 heavy (non-hydrogen) atoms. The highest BCUT2D eigenvalue weighted by molar-refractivity contribution is 6.43. The third-order valence-electron chi connectivity index (χ3n) is 2.90. The molecule has 2 aromatic carbocycles.